The molecule has 4 N–H and O–H groups in total. The molecule has 1 atom stereocenters. The fraction of sp³-hybridized carbons (Fsp3) is 0.500. The van der Waals surface area contributed by atoms with Crippen LogP contribution in [0.15, 0.2) is 18.3 Å². The Hall–Kier alpha value is -3.86. The molecule has 38 heavy (non-hydrogen) atoms. The number of aromatic nitrogens is 1. The zero-order chi connectivity index (χ0) is 27.3. The second kappa shape index (κ2) is 11.7. The lowest BCUT2D eigenvalue weighted by molar-refractivity contribution is -0.132. The molecule has 1 aromatic carbocycles. The number of primary amides is 1. The third kappa shape index (κ3) is 6.34. The van der Waals surface area contributed by atoms with Gasteiger partial charge in [0.2, 0.25) is 11.8 Å². The number of nitrogens with one attached hydrogen (secondary N) is 1. The van der Waals surface area contributed by atoms with Crippen molar-refractivity contribution in [3.05, 3.63) is 29.5 Å². The van der Waals surface area contributed by atoms with Crippen molar-refractivity contribution in [1.29, 1.82) is 5.26 Å². The number of aliphatic hydroxyl groups is 1. The van der Waals surface area contributed by atoms with Gasteiger partial charge in [-0.25, -0.2) is 4.98 Å². The maximum absolute atomic E-state index is 12.3. The van der Waals surface area contributed by atoms with Gasteiger partial charge >= 0.3 is 0 Å². The molecule has 0 bridgehead atoms. The smallest absolute Gasteiger partial charge is 0.252 e. The average Bonchev–Trinajstić information content (AvgIpc) is 2.88. The minimum atomic E-state index is -1.11. The maximum atomic E-state index is 12.3. The molecule has 200 valence electrons. The quantitative estimate of drug-likeness (QED) is 0.490. The Labute approximate surface area is 222 Å². The fourth-order valence-electron chi connectivity index (χ4n) is 4.73. The van der Waals surface area contributed by atoms with E-state index in [2.05, 4.69) is 22.1 Å². The molecule has 3 heterocycles. The molecular weight excluding hydrogens is 486 g/mol. The van der Waals surface area contributed by atoms with E-state index in [4.69, 9.17) is 20.5 Å². The topological polar surface area (TPSA) is 151 Å². The van der Waals surface area contributed by atoms with Crippen molar-refractivity contribution in [2.45, 2.75) is 63.8 Å². The van der Waals surface area contributed by atoms with Crippen molar-refractivity contribution in [3.63, 3.8) is 0 Å². The lowest BCUT2D eigenvalue weighted by atomic mass is 9.92. The van der Waals surface area contributed by atoms with E-state index in [0.29, 0.717) is 67.0 Å². The number of ether oxygens (including phenoxy) is 2. The summed E-state index contributed by atoms with van der Waals surface area (Å²) in [5.74, 6) is 5.83. The number of likely N-dealkylation sites (tertiary alicyclic amines) is 1. The zero-order valence-electron chi connectivity index (χ0n) is 21.7. The van der Waals surface area contributed by atoms with Gasteiger partial charge in [0, 0.05) is 23.5 Å². The Morgan fingerprint density at radius 1 is 1.32 bits per heavy atom. The number of nitrogens with zero attached hydrogens (tertiary/aromatic N) is 3. The Balaban J connectivity index is 1.76. The maximum Gasteiger partial charge on any atom is 0.252 e. The highest BCUT2D eigenvalue weighted by Gasteiger charge is 2.28. The molecule has 10 nitrogen and oxygen atoms in total. The number of amides is 2. The van der Waals surface area contributed by atoms with Crippen LogP contribution < -0.4 is 20.5 Å². The summed E-state index contributed by atoms with van der Waals surface area (Å²) in [6.07, 6.45) is 3.33. The van der Waals surface area contributed by atoms with Crippen LogP contribution in [0.25, 0.3) is 10.8 Å². The summed E-state index contributed by atoms with van der Waals surface area (Å²) in [5.41, 5.74) is 5.31. The lowest BCUT2D eigenvalue weighted by Crippen LogP contribution is -2.44. The molecular formula is C28H33N5O5. The molecule has 0 aliphatic carbocycles. The van der Waals surface area contributed by atoms with Crippen LogP contribution in [0.1, 0.15) is 61.9 Å². The largest absolute Gasteiger partial charge is 0.490 e. The molecule has 0 radical (unpaired) electrons. The number of nitriles is 1. The highest BCUT2D eigenvalue weighted by molar-refractivity contribution is 6.03. The van der Waals surface area contributed by atoms with E-state index >= 15 is 0 Å². The summed E-state index contributed by atoms with van der Waals surface area (Å²) in [6, 6.07) is 5.22. The number of carbonyl (C=O) groups is 2. The fourth-order valence-corrected chi connectivity index (χ4v) is 4.73. The summed E-state index contributed by atoms with van der Waals surface area (Å²) in [4.78, 5) is 30.8. The van der Waals surface area contributed by atoms with E-state index in [-0.39, 0.29) is 30.1 Å². The van der Waals surface area contributed by atoms with Crippen molar-refractivity contribution < 1.29 is 24.2 Å². The first-order valence-corrected chi connectivity index (χ1v) is 12.9. The molecule has 2 fully saturated rings. The molecule has 0 saturated carbocycles. The SMILES string of the molecule is CC(C)Oc1cc2c(O[C@@H]3CCCN(C(=O)CC#N)C3)ncc(C#CC3(O)CCNCC3)c2cc1C(N)=O. The van der Waals surface area contributed by atoms with Crippen molar-refractivity contribution >= 4 is 22.6 Å². The first kappa shape index (κ1) is 27.2. The Morgan fingerprint density at radius 3 is 2.76 bits per heavy atom. The molecule has 10 heteroatoms. The van der Waals surface area contributed by atoms with E-state index in [1.54, 1.807) is 23.2 Å². The molecule has 4 rings (SSSR count). The van der Waals surface area contributed by atoms with E-state index in [1.807, 2.05) is 19.9 Å². The van der Waals surface area contributed by atoms with E-state index in [1.165, 1.54) is 0 Å². The number of benzene rings is 1. The Morgan fingerprint density at radius 2 is 2.08 bits per heavy atom. The summed E-state index contributed by atoms with van der Waals surface area (Å²) in [5, 5.41) is 24.1. The number of piperidine rings is 2. The minimum Gasteiger partial charge on any atom is -0.490 e. The first-order valence-electron chi connectivity index (χ1n) is 12.9. The van der Waals surface area contributed by atoms with Crippen LogP contribution in [0.2, 0.25) is 0 Å². The van der Waals surface area contributed by atoms with Crippen LogP contribution in [-0.2, 0) is 4.79 Å². The first-order chi connectivity index (χ1) is 18.2. The van der Waals surface area contributed by atoms with Crippen molar-refractivity contribution in [2.75, 3.05) is 26.2 Å². The molecule has 1 aromatic heterocycles. The van der Waals surface area contributed by atoms with Crippen molar-refractivity contribution in [2.24, 2.45) is 5.73 Å². The number of carbonyl (C=O) groups excluding carboxylic acids is 2. The number of hydrogen-bond acceptors (Lipinski definition) is 8. The number of hydrogen-bond donors (Lipinski definition) is 3. The number of fused-ring (bicyclic) bond motifs is 1. The van der Waals surface area contributed by atoms with Gasteiger partial charge in [-0.3, -0.25) is 9.59 Å². The normalized spacial score (nSPS) is 18.8. The van der Waals surface area contributed by atoms with Crippen LogP contribution in [0, 0.1) is 23.2 Å². The van der Waals surface area contributed by atoms with Gasteiger partial charge < -0.3 is 30.5 Å². The highest BCUT2D eigenvalue weighted by atomic mass is 16.5. The van der Waals surface area contributed by atoms with Gasteiger partial charge in [-0.1, -0.05) is 11.8 Å². The third-order valence-corrected chi connectivity index (χ3v) is 6.68. The lowest BCUT2D eigenvalue weighted by Gasteiger charge is -2.32. The summed E-state index contributed by atoms with van der Waals surface area (Å²) in [7, 11) is 0. The highest BCUT2D eigenvalue weighted by Crippen LogP contribution is 2.34. The standard InChI is InChI=1S/C28H33N5O5/c1-18(2)37-24-15-22-21(14-23(24)26(30)35)19(5-7-28(36)8-11-31-12-9-28)16-32-27(22)38-20-4-3-13-33(17-20)25(34)6-10-29/h14-16,18,20,31,36H,3-4,6,8-9,11-13,17H2,1-2H3,(H2,30,35)/t20-/m1/s1. The van der Waals surface area contributed by atoms with Gasteiger partial charge in [0.05, 0.1) is 29.8 Å². The van der Waals surface area contributed by atoms with Crippen LogP contribution in [-0.4, -0.2) is 70.8 Å². The summed E-state index contributed by atoms with van der Waals surface area (Å²) in [6.45, 7) is 5.97. The average molecular weight is 520 g/mol. The van der Waals surface area contributed by atoms with Crippen LogP contribution in [0.5, 0.6) is 11.6 Å². The number of nitrogens with two attached hydrogens (primary N) is 1. The second-order valence-electron chi connectivity index (χ2n) is 9.99. The number of rotatable bonds is 6. The van der Waals surface area contributed by atoms with E-state index < -0.39 is 11.5 Å². The molecule has 2 amide bonds. The predicted octanol–water partition coefficient (Wildman–Crippen LogP) is 1.87. The second-order valence-corrected chi connectivity index (χ2v) is 9.99. The molecule has 2 aromatic rings. The van der Waals surface area contributed by atoms with Gasteiger partial charge in [0.15, 0.2) is 0 Å². The molecule has 2 aliphatic heterocycles. The van der Waals surface area contributed by atoms with Crippen molar-refractivity contribution in [1.82, 2.24) is 15.2 Å². The Kier molecular flexibility index (Phi) is 8.35. The minimum absolute atomic E-state index is 0.171. The Bertz CT molecular complexity index is 1320. The van der Waals surface area contributed by atoms with E-state index in [9.17, 15) is 14.7 Å². The van der Waals surface area contributed by atoms with Gasteiger partial charge in [-0.05, 0) is 64.8 Å². The molecule has 0 unspecified atom stereocenters. The molecule has 2 aliphatic rings. The van der Waals surface area contributed by atoms with Crippen molar-refractivity contribution in [3.8, 4) is 29.5 Å². The van der Waals surface area contributed by atoms with Gasteiger partial charge in [0.25, 0.3) is 5.91 Å². The molecule has 2 saturated heterocycles. The predicted molar refractivity (Wildman–Crippen MR) is 140 cm³/mol. The summed E-state index contributed by atoms with van der Waals surface area (Å²) < 4.78 is 12.2. The van der Waals surface area contributed by atoms with Gasteiger partial charge in [-0.2, -0.15) is 5.26 Å². The third-order valence-electron chi connectivity index (χ3n) is 6.68. The molecule has 0 spiro atoms. The van der Waals surface area contributed by atoms with Gasteiger partial charge in [0.1, 0.15) is 23.9 Å². The monoisotopic (exact) mass is 519 g/mol. The van der Waals surface area contributed by atoms with Gasteiger partial charge in [-0.15, -0.1) is 0 Å². The van der Waals surface area contributed by atoms with Crippen LogP contribution in [0.3, 0.4) is 0 Å². The summed E-state index contributed by atoms with van der Waals surface area (Å²) >= 11 is 0. The van der Waals surface area contributed by atoms with Crippen LogP contribution in [0.4, 0.5) is 0 Å². The number of pyridine rings is 1. The zero-order valence-corrected chi connectivity index (χ0v) is 21.7. The van der Waals surface area contributed by atoms with Crippen LogP contribution >= 0.6 is 0 Å². The van der Waals surface area contributed by atoms with E-state index in [0.717, 1.165) is 12.8 Å².